The molecule has 1 N–H and O–H groups in total. The largest absolute Gasteiger partial charge is 0.354 e. The lowest BCUT2D eigenvalue weighted by atomic mass is 10.0. The number of carbonyl (C=O) groups is 2. The fourth-order valence-corrected chi connectivity index (χ4v) is 5.47. The first-order valence-corrected chi connectivity index (χ1v) is 15.1. The van der Waals surface area contributed by atoms with Crippen LogP contribution in [0.5, 0.6) is 0 Å². The molecule has 3 aromatic carbocycles. The van der Waals surface area contributed by atoms with Gasteiger partial charge in [-0.2, -0.15) is 0 Å². The lowest BCUT2D eigenvalue weighted by Gasteiger charge is -2.33. The lowest BCUT2D eigenvalue weighted by molar-refractivity contribution is -0.140. The molecule has 0 saturated carbocycles. The SMILES string of the molecule is CCCNC(=O)C(Cc1ccccc1)N(Cc1cccc(C)c1)C(=O)CN(c1cc(C)cc(C)c1)S(C)(=O)=O. The number of sulfonamides is 1. The second-order valence-electron chi connectivity index (χ2n) is 10.1. The van der Waals surface area contributed by atoms with Gasteiger partial charge < -0.3 is 10.2 Å². The van der Waals surface area contributed by atoms with Gasteiger partial charge >= 0.3 is 0 Å². The number of nitrogens with one attached hydrogen (secondary N) is 1. The van der Waals surface area contributed by atoms with Gasteiger partial charge in [0, 0.05) is 19.5 Å². The summed E-state index contributed by atoms with van der Waals surface area (Å²) in [6, 6.07) is 21.9. The molecule has 8 heteroatoms. The number of carbonyl (C=O) groups excluding carboxylic acids is 2. The summed E-state index contributed by atoms with van der Waals surface area (Å²) in [5, 5.41) is 2.95. The average Bonchev–Trinajstić information content (AvgIpc) is 2.87. The summed E-state index contributed by atoms with van der Waals surface area (Å²) in [7, 11) is -3.79. The summed E-state index contributed by atoms with van der Waals surface area (Å²) in [5.41, 5.74) is 5.01. The molecule has 0 saturated heterocycles. The van der Waals surface area contributed by atoms with Gasteiger partial charge in [-0.25, -0.2) is 8.42 Å². The maximum Gasteiger partial charge on any atom is 0.244 e. The van der Waals surface area contributed by atoms with Crippen molar-refractivity contribution in [1.29, 1.82) is 0 Å². The van der Waals surface area contributed by atoms with Crippen molar-refractivity contribution in [3.8, 4) is 0 Å². The number of amides is 2. The van der Waals surface area contributed by atoms with Crippen LogP contribution in [0.25, 0.3) is 0 Å². The van der Waals surface area contributed by atoms with E-state index in [2.05, 4.69) is 5.32 Å². The molecule has 0 bridgehead atoms. The van der Waals surface area contributed by atoms with Crippen molar-refractivity contribution in [3.63, 3.8) is 0 Å². The zero-order valence-electron chi connectivity index (χ0n) is 23.5. The third kappa shape index (κ3) is 8.68. The molecule has 3 rings (SSSR count). The van der Waals surface area contributed by atoms with E-state index < -0.39 is 28.5 Å². The van der Waals surface area contributed by atoms with E-state index in [0.717, 1.165) is 44.8 Å². The minimum Gasteiger partial charge on any atom is -0.354 e. The van der Waals surface area contributed by atoms with Crippen LogP contribution in [0.15, 0.2) is 72.8 Å². The Morgan fingerprint density at radius 3 is 2.08 bits per heavy atom. The van der Waals surface area contributed by atoms with E-state index in [-0.39, 0.29) is 12.5 Å². The molecule has 0 heterocycles. The quantitative estimate of drug-likeness (QED) is 0.359. The van der Waals surface area contributed by atoms with Crippen molar-refractivity contribution in [3.05, 3.63) is 101 Å². The Balaban J connectivity index is 2.06. The van der Waals surface area contributed by atoms with Crippen LogP contribution >= 0.6 is 0 Å². The highest BCUT2D eigenvalue weighted by Crippen LogP contribution is 2.23. The van der Waals surface area contributed by atoms with Crippen molar-refractivity contribution in [2.45, 2.75) is 53.1 Å². The van der Waals surface area contributed by atoms with Crippen LogP contribution in [0.3, 0.4) is 0 Å². The molecule has 1 atom stereocenters. The molecule has 0 aliphatic rings. The average molecular weight is 550 g/mol. The van der Waals surface area contributed by atoms with E-state index >= 15 is 0 Å². The van der Waals surface area contributed by atoms with E-state index in [1.165, 1.54) is 4.90 Å². The molecule has 2 amide bonds. The first-order chi connectivity index (χ1) is 18.5. The first kappa shape index (κ1) is 29.9. The number of anilines is 1. The predicted octanol–water partition coefficient (Wildman–Crippen LogP) is 4.54. The topological polar surface area (TPSA) is 86.8 Å². The Hall–Kier alpha value is -3.65. The molecular weight excluding hydrogens is 510 g/mol. The number of hydrogen-bond donors (Lipinski definition) is 1. The maximum absolute atomic E-state index is 14.1. The van der Waals surface area contributed by atoms with Crippen LogP contribution in [0.2, 0.25) is 0 Å². The highest BCUT2D eigenvalue weighted by atomic mass is 32.2. The zero-order chi connectivity index (χ0) is 28.6. The predicted molar refractivity (Wildman–Crippen MR) is 157 cm³/mol. The summed E-state index contributed by atoms with van der Waals surface area (Å²) >= 11 is 0. The van der Waals surface area contributed by atoms with Gasteiger partial charge in [-0.1, -0.05) is 73.2 Å². The highest BCUT2D eigenvalue weighted by Gasteiger charge is 2.33. The number of rotatable bonds is 12. The number of hydrogen-bond acceptors (Lipinski definition) is 4. The molecule has 208 valence electrons. The van der Waals surface area contributed by atoms with E-state index in [1.807, 2.05) is 88.4 Å². The molecule has 7 nitrogen and oxygen atoms in total. The van der Waals surface area contributed by atoms with Crippen LogP contribution < -0.4 is 9.62 Å². The van der Waals surface area contributed by atoms with Gasteiger partial charge in [0.25, 0.3) is 0 Å². The van der Waals surface area contributed by atoms with Crippen molar-refractivity contribution < 1.29 is 18.0 Å². The fraction of sp³-hybridized carbons (Fsp3) is 0.355. The summed E-state index contributed by atoms with van der Waals surface area (Å²) in [5.74, 6) is -0.715. The van der Waals surface area contributed by atoms with E-state index in [4.69, 9.17) is 0 Å². The standard InChI is InChI=1S/C31H39N3O4S/c1-6-15-32-31(36)29(20-26-12-8-7-9-13-26)33(21-27-14-10-11-23(2)17-27)30(35)22-34(39(5,37)38)28-18-24(3)16-25(4)19-28/h7-14,16-19,29H,6,15,20-22H2,1-5H3,(H,32,36). The molecule has 0 spiro atoms. The molecule has 3 aromatic rings. The third-order valence-corrected chi connectivity index (χ3v) is 7.57. The number of aryl methyl sites for hydroxylation is 3. The summed E-state index contributed by atoms with van der Waals surface area (Å²) in [6.45, 7) is 7.94. The van der Waals surface area contributed by atoms with E-state index in [0.29, 0.717) is 18.7 Å². The van der Waals surface area contributed by atoms with Gasteiger partial charge in [-0.05, 0) is 61.6 Å². The Labute approximate surface area is 232 Å². The highest BCUT2D eigenvalue weighted by molar-refractivity contribution is 7.92. The normalized spacial score (nSPS) is 12.0. The van der Waals surface area contributed by atoms with Crippen LogP contribution in [0.1, 0.15) is 41.2 Å². The molecule has 0 fully saturated rings. The summed E-state index contributed by atoms with van der Waals surface area (Å²) in [4.78, 5) is 29.1. The van der Waals surface area contributed by atoms with E-state index in [1.54, 1.807) is 12.1 Å². The van der Waals surface area contributed by atoms with Crippen molar-refractivity contribution in [2.75, 3.05) is 23.7 Å². The third-order valence-electron chi connectivity index (χ3n) is 6.43. The van der Waals surface area contributed by atoms with Gasteiger partial charge in [0.1, 0.15) is 12.6 Å². The smallest absolute Gasteiger partial charge is 0.244 e. The first-order valence-electron chi connectivity index (χ1n) is 13.2. The molecule has 1 unspecified atom stereocenters. The lowest BCUT2D eigenvalue weighted by Crippen LogP contribution is -2.53. The Bertz CT molecular complexity index is 1370. The van der Waals surface area contributed by atoms with Crippen molar-refractivity contribution in [1.82, 2.24) is 10.2 Å². The van der Waals surface area contributed by atoms with Gasteiger partial charge in [0.2, 0.25) is 21.8 Å². The van der Waals surface area contributed by atoms with Crippen molar-refractivity contribution in [2.24, 2.45) is 0 Å². The Kier molecular flexibility index (Phi) is 10.3. The molecule has 0 aliphatic heterocycles. The monoisotopic (exact) mass is 549 g/mol. The molecule has 0 aromatic heterocycles. The fourth-order valence-electron chi connectivity index (χ4n) is 4.64. The van der Waals surface area contributed by atoms with Crippen LogP contribution in [0, 0.1) is 20.8 Å². The number of benzene rings is 3. The van der Waals surface area contributed by atoms with Crippen LogP contribution in [-0.4, -0.2) is 50.5 Å². The molecule has 39 heavy (non-hydrogen) atoms. The van der Waals surface area contributed by atoms with Crippen LogP contribution in [-0.2, 0) is 32.6 Å². The summed E-state index contributed by atoms with van der Waals surface area (Å²) < 4.78 is 27.0. The molecular formula is C31H39N3O4S. The molecule has 0 aliphatic carbocycles. The second-order valence-corrected chi connectivity index (χ2v) is 12.0. The minimum atomic E-state index is -3.79. The Morgan fingerprint density at radius 2 is 1.49 bits per heavy atom. The zero-order valence-corrected chi connectivity index (χ0v) is 24.3. The van der Waals surface area contributed by atoms with Crippen molar-refractivity contribution >= 4 is 27.5 Å². The Morgan fingerprint density at radius 1 is 0.846 bits per heavy atom. The second kappa shape index (κ2) is 13.4. The van der Waals surface area contributed by atoms with Gasteiger partial charge in [-0.15, -0.1) is 0 Å². The minimum absolute atomic E-state index is 0.169. The maximum atomic E-state index is 14.1. The van der Waals surface area contributed by atoms with E-state index in [9.17, 15) is 18.0 Å². The van der Waals surface area contributed by atoms with Gasteiger partial charge in [0.15, 0.2) is 0 Å². The van der Waals surface area contributed by atoms with Gasteiger partial charge in [-0.3, -0.25) is 13.9 Å². The number of nitrogens with zero attached hydrogens (tertiary/aromatic N) is 2. The summed E-state index contributed by atoms with van der Waals surface area (Å²) in [6.07, 6.45) is 2.15. The molecule has 0 radical (unpaired) electrons. The van der Waals surface area contributed by atoms with Gasteiger partial charge in [0.05, 0.1) is 11.9 Å². The van der Waals surface area contributed by atoms with Crippen LogP contribution in [0.4, 0.5) is 5.69 Å².